The van der Waals surface area contributed by atoms with E-state index in [1.54, 1.807) is 6.33 Å². The number of rotatable bonds is 5. The Hall–Kier alpha value is -1.56. The van der Waals surface area contributed by atoms with E-state index >= 15 is 0 Å². The van der Waals surface area contributed by atoms with Crippen LogP contribution < -0.4 is 16.0 Å². The molecule has 0 saturated carbocycles. The van der Waals surface area contributed by atoms with Crippen molar-refractivity contribution in [1.82, 2.24) is 14.9 Å². The van der Waals surface area contributed by atoms with Gasteiger partial charge >= 0.3 is 0 Å². The average Bonchev–Trinajstić information content (AvgIpc) is 2.87. The second-order valence-corrected chi connectivity index (χ2v) is 6.69. The van der Waals surface area contributed by atoms with Gasteiger partial charge in [0.1, 0.15) is 12.0 Å². The largest absolute Gasteiger partial charge is 0.393 e. The summed E-state index contributed by atoms with van der Waals surface area (Å²) in [5, 5.41) is 3.41. The van der Waals surface area contributed by atoms with Crippen LogP contribution in [-0.4, -0.2) is 54.1 Å². The lowest BCUT2D eigenvalue weighted by molar-refractivity contribution is 0.237. The van der Waals surface area contributed by atoms with Crippen molar-refractivity contribution in [3.8, 4) is 0 Å². The molecule has 3 N–H and O–H groups in total. The van der Waals surface area contributed by atoms with Crippen LogP contribution in [-0.2, 0) is 0 Å². The maximum atomic E-state index is 6.34. The predicted octanol–water partition coefficient (Wildman–Crippen LogP) is 2.34. The Morgan fingerprint density at radius 3 is 2.30 bits per heavy atom. The summed E-state index contributed by atoms with van der Waals surface area (Å²) in [4.78, 5) is 13.6. The quantitative estimate of drug-likeness (QED) is 0.868. The van der Waals surface area contributed by atoms with Crippen molar-refractivity contribution in [3.05, 3.63) is 6.33 Å². The van der Waals surface area contributed by atoms with Crippen molar-refractivity contribution in [2.45, 2.75) is 44.9 Å². The highest BCUT2D eigenvalue weighted by Crippen LogP contribution is 2.27. The van der Waals surface area contributed by atoms with Crippen molar-refractivity contribution >= 4 is 17.3 Å². The molecule has 1 aromatic rings. The van der Waals surface area contributed by atoms with E-state index in [1.165, 1.54) is 58.0 Å². The standard InChI is InChI=1S/C17H30N6/c18-15-16(19-8-13-22-9-4-3-5-10-22)20-14-21-17(15)23-11-6-1-2-7-12-23/h14H,1-13,18H2,(H,19,20,21). The number of piperidine rings is 1. The summed E-state index contributed by atoms with van der Waals surface area (Å²) in [6, 6.07) is 0. The number of hydrogen-bond acceptors (Lipinski definition) is 6. The van der Waals surface area contributed by atoms with Gasteiger partial charge in [0.25, 0.3) is 0 Å². The normalized spacial score (nSPS) is 20.3. The van der Waals surface area contributed by atoms with Crippen molar-refractivity contribution in [1.29, 1.82) is 0 Å². The minimum atomic E-state index is 0.702. The number of anilines is 3. The molecule has 128 valence electrons. The molecule has 0 amide bonds. The van der Waals surface area contributed by atoms with E-state index in [9.17, 15) is 0 Å². The molecule has 6 nitrogen and oxygen atoms in total. The highest BCUT2D eigenvalue weighted by atomic mass is 15.2. The van der Waals surface area contributed by atoms with Crippen molar-refractivity contribution in [3.63, 3.8) is 0 Å². The van der Waals surface area contributed by atoms with Gasteiger partial charge in [-0.2, -0.15) is 0 Å². The summed E-state index contributed by atoms with van der Waals surface area (Å²) in [6.07, 6.45) is 10.7. The van der Waals surface area contributed by atoms with E-state index in [-0.39, 0.29) is 0 Å². The Bertz CT molecular complexity index is 478. The zero-order valence-electron chi connectivity index (χ0n) is 14.1. The fraction of sp³-hybridized carbons (Fsp3) is 0.765. The first-order valence-electron chi connectivity index (χ1n) is 9.16. The first kappa shape index (κ1) is 16.3. The number of likely N-dealkylation sites (tertiary alicyclic amines) is 1. The third-order valence-electron chi connectivity index (χ3n) is 4.94. The third kappa shape index (κ3) is 4.47. The predicted molar refractivity (Wildman–Crippen MR) is 95.9 cm³/mol. The van der Waals surface area contributed by atoms with Gasteiger partial charge in [-0.15, -0.1) is 0 Å². The molecule has 0 spiro atoms. The lowest BCUT2D eigenvalue weighted by Crippen LogP contribution is -2.34. The molecule has 23 heavy (non-hydrogen) atoms. The van der Waals surface area contributed by atoms with E-state index in [0.717, 1.165) is 37.8 Å². The molecule has 2 saturated heterocycles. The Balaban J connectivity index is 1.57. The van der Waals surface area contributed by atoms with Gasteiger partial charge in [-0.3, -0.25) is 0 Å². The van der Waals surface area contributed by atoms with E-state index < -0.39 is 0 Å². The molecule has 0 aromatic carbocycles. The SMILES string of the molecule is Nc1c(NCCN2CCCCC2)ncnc1N1CCCCCC1. The smallest absolute Gasteiger partial charge is 0.157 e. The molecular formula is C17H30N6. The number of hydrogen-bond donors (Lipinski definition) is 2. The zero-order valence-corrected chi connectivity index (χ0v) is 14.1. The van der Waals surface area contributed by atoms with Crippen LogP contribution in [0, 0.1) is 0 Å². The molecule has 6 heteroatoms. The van der Waals surface area contributed by atoms with Crippen LogP contribution in [0.15, 0.2) is 6.33 Å². The first-order chi connectivity index (χ1) is 11.3. The van der Waals surface area contributed by atoms with Crippen LogP contribution in [0.25, 0.3) is 0 Å². The maximum Gasteiger partial charge on any atom is 0.157 e. The van der Waals surface area contributed by atoms with Crippen molar-refractivity contribution in [2.24, 2.45) is 0 Å². The van der Waals surface area contributed by atoms with Crippen molar-refractivity contribution in [2.75, 3.05) is 55.2 Å². The third-order valence-corrected chi connectivity index (χ3v) is 4.94. The van der Waals surface area contributed by atoms with Crippen molar-refractivity contribution < 1.29 is 0 Å². The van der Waals surface area contributed by atoms with Crippen LogP contribution in [0.4, 0.5) is 17.3 Å². The van der Waals surface area contributed by atoms with Gasteiger partial charge in [0.05, 0.1) is 0 Å². The van der Waals surface area contributed by atoms with Gasteiger partial charge in [0.2, 0.25) is 0 Å². The summed E-state index contributed by atoms with van der Waals surface area (Å²) >= 11 is 0. The van der Waals surface area contributed by atoms with Crippen LogP contribution in [0.1, 0.15) is 44.9 Å². The molecule has 2 aliphatic heterocycles. The maximum absolute atomic E-state index is 6.34. The van der Waals surface area contributed by atoms with E-state index in [0.29, 0.717) is 5.69 Å². The van der Waals surface area contributed by atoms with Gasteiger partial charge in [-0.1, -0.05) is 19.3 Å². The van der Waals surface area contributed by atoms with E-state index in [1.807, 2.05) is 0 Å². The lowest BCUT2D eigenvalue weighted by Gasteiger charge is -2.27. The first-order valence-corrected chi connectivity index (χ1v) is 9.16. The van der Waals surface area contributed by atoms with Crippen LogP contribution >= 0.6 is 0 Å². The molecule has 2 fully saturated rings. The Labute approximate surface area is 139 Å². The van der Waals surface area contributed by atoms with Gasteiger partial charge in [0, 0.05) is 26.2 Å². The second-order valence-electron chi connectivity index (χ2n) is 6.69. The molecule has 2 aliphatic rings. The Morgan fingerprint density at radius 1 is 0.913 bits per heavy atom. The molecule has 0 unspecified atom stereocenters. The summed E-state index contributed by atoms with van der Waals surface area (Å²) in [7, 11) is 0. The molecule has 3 heterocycles. The fourth-order valence-electron chi connectivity index (χ4n) is 3.58. The minimum Gasteiger partial charge on any atom is -0.393 e. The Morgan fingerprint density at radius 2 is 1.57 bits per heavy atom. The minimum absolute atomic E-state index is 0.702. The van der Waals surface area contributed by atoms with Gasteiger partial charge in [0.15, 0.2) is 11.6 Å². The molecule has 1 aromatic heterocycles. The van der Waals surface area contributed by atoms with E-state index in [2.05, 4.69) is 25.1 Å². The molecule has 0 bridgehead atoms. The summed E-state index contributed by atoms with van der Waals surface area (Å²) in [5.41, 5.74) is 7.04. The highest BCUT2D eigenvalue weighted by molar-refractivity contribution is 5.74. The van der Waals surface area contributed by atoms with Crippen LogP contribution in [0.2, 0.25) is 0 Å². The number of nitrogens with one attached hydrogen (secondary N) is 1. The monoisotopic (exact) mass is 318 g/mol. The summed E-state index contributed by atoms with van der Waals surface area (Å²) < 4.78 is 0. The number of nitrogen functional groups attached to an aromatic ring is 1. The molecule has 0 atom stereocenters. The topological polar surface area (TPSA) is 70.3 Å². The van der Waals surface area contributed by atoms with E-state index in [4.69, 9.17) is 5.73 Å². The Kier molecular flexibility index (Phi) is 5.91. The van der Waals surface area contributed by atoms with Gasteiger partial charge in [-0.05, 0) is 38.8 Å². The van der Waals surface area contributed by atoms with Gasteiger partial charge < -0.3 is 20.9 Å². The second kappa shape index (κ2) is 8.34. The molecule has 3 rings (SSSR count). The molecule has 0 aliphatic carbocycles. The van der Waals surface area contributed by atoms with Gasteiger partial charge in [-0.25, -0.2) is 9.97 Å². The molecular weight excluding hydrogens is 288 g/mol. The zero-order chi connectivity index (χ0) is 15.9. The summed E-state index contributed by atoms with van der Waals surface area (Å²) in [6.45, 7) is 6.49. The summed E-state index contributed by atoms with van der Waals surface area (Å²) in [5.74, 6) is 1.69. The highest BCUT2D eigenvalue weighted by Gasteiger charge is 2.17. The fourth-order valence-corrected chi connectivity index (χ4v) is 3.58. The van der Waals surface area contributed by atoms with Crippen LogP contribution in [0.5, 0.6) is 0 Å². The number of aromatic nitrogens is 2. The number of nitrogens with zero attached hydrogens (tertiary/aromatic N) is 4. The average molecular weight is 318 g/mol. The lowest BCUT2D eigenvalue weighted by atomic mass is 10.1. The van der Waals surface area contributed by atoms with Crippen LogP contribution in [0.3, 0.4) is 0 Å². The number of nitrogens with two attached hydrogens (primary N) is 1. The molecule has 0 radical (unpaired) electrons.